The molecule has 7 nitrogen and oxygen atoms in total. The standard InChI is InChI=1S/C23H29N5O2S/c1-15-7-5-6-12-27(15)20(30)14-31-22-25-21(24-18-13-19(29)26-28(18)22)16-8-10-17(11-9-16)23(2,3)4/h8-11,13,15H,5-7,12,14H2,1-4H3,(H,26,29)/t15-/m1/s1. The number of piperidine rings is 1. The molecule has 1 fully saturated rings. The van der Waals surface area contributed by atoms with Crippen molar-refractivity contribution in [3.05, 3.63) is 46.2 Å². The van der Waals surface area contributed by atoms with Crippen LogP contribution in [0.5, 0.6) is 0 Å². The predicted octanol–water partition coefficient (Wildman–Crippen LogP) is 3.88. The fourth-order valence-corrected chi connectivity index (χ4v) is 4.74. The van der Waals surface area contributed by atoms with Gasteiger partial charge in [0.05, 0.1) is 5.75 Å². The second-order valence-corrected chi connectivity index (χ2v) is 10.1. The summed E-state index contributed by atoms with van der Waals surface area (Å²) in [6, 6.07) is 9.90. The number of amides is 1. The van der Waals surface area contributed by atoms with Crippen molar-refractivity contribution in [1.82, 2.24) is 24.5 Å². The normalized spacial score (nSPS) is 17.3. The van der Waals surface area contributed by atoms with Gasteiger partial charge in [0.2, 0.25) is 5.91 Å². The molecule has 3 heterocycles. The van der Waals surface area contributed by atoms with Gasteiger partial charge in [0.1, 0.15) is 0 Å². The molecule has 1 aliphatic heterocycles. The molecular weight excluding hydrogens is 410 g/mol. The van der Waals surface area contributed by atoms with Crippen molar-refractivity contribution in [2.75, 3.05) is 12.3 Å². The second-order valence-electron chi connectivity index (χ2n) is 9.19. The average molecular weight is 440 g/mol. The van der Waals surface area contributed by atoms with Crippen LogP contribution >= 0.6 is 11.8 Å². The second kappa shape index (κ2) is 8.49. The minimum absolute atomic E-state index is 0.0598. The van der Waals surface area contributed by atoms with Crippen LogP contribution in [0.4, 0.5) is 0 Å². The van der Waals surface area contributed by atoms with Crippen LogP contribution in [0, 0.1) is 0 Å². The summed E-state index contributed by atoms with van der Waals surface area (Å²) in [5.41, 5.74) is 2.42. The fourth-order valence-electron chi connectivity index (χ4n) is 3.91. The smallest absolute Gasteiger partial charge is 0.266 e. The van der Waals surface area contributed by atoms with E-state index in [2.05, 4.69) is 54.9 Å². The molecule has 1 aromatic carbocycles. The quantitative estimate of drug-likeness (QED) is 0.624. The van der Waals surface area contributed by atoms with E-state index in [9.17, 15) is 9.59 Å². The third-order valence-electron chi connectivity index (χ3n) is 5.78. The molecule has 1 amide bonds. The first-order valence-electron chi connectivity index (χ1n) is 10.8. The number of hydrogen-bond acceptors (Lipinski definition) is 5. The number of likely N-dealkylation sites (tertiary alicyclic amines) is 1. The van der Waals surface area contributed by atoms with Gasteiger partial charge in [0.15, 0.2) is 16.6 Å². The van der Waals surface area contributed by atoms with Crippen LogP contribution in [0.1, 0.15) is 52.5 Å². The Kier molecular flexibility index (Phi) is 5.92. The zero-order valence-electron chi connectivity index (χ0n) is 18.5. The first-order chi connectivity index (χ1) is 14.7. The molecule has 3 aromatic rings. The lowest BCUT2D eigenvalue weighted by atomic mass is 9.87. The maximum atomic E-state index is 12.8. The van der Waals surface area contributed by atoms with Gasteiger partial charge in [-0.3, -0.25) is 14.7 Å². The number of aromatic amines is 1. The molecular formula is C23H29N5O2S. The SMILES string of the molecule is C[C@@H]1CCCCN1C(=O)CSc1nc(-c2ccc(C(C)(C)C)cc2)nc2cc(=O)[nH]n12. The molecule has 1 aliphatic rings. The molecule has 0 radical (unpaired) electrons. The van der Waals surface area contributed by atoms with Crippen LogP contribution < -0.4 is 5.56 Å². The third kappa shape index (κ3) is 4.69. The molecule has 0 unspecified atom stereocenters. The summed E-state index contributed by atoms with van der Waals surface area (Å²) in [7, 11) is 0. The van der Waals surface area contributed by atoms with Gasteiger partial charge in [-0.2, -0.15) is 0 Å². The van der Waals surface area contributed by atoms with E-state index < -0.39 is 0 Å². The fraction of sp³-hybridized carbons (Fsp3) is 0.478. The number of benzene rings is 1. The number of hydrogen-bond donors (Lipinski definition) is 1. The molecule has 1 N–H and O–H groups in total. The van der Waals surface area contributed by atoms with Gasteiger partial charge < -0.3 is 4.90 Å². The summed E-state index contributed by atoms with van der Waals surface area (Å²) in [6.07, 6.45) is 3.28. The summed E-state index contributed by atoms with van der Waals surface area (Å²) in [6.45, 7) is 9.43. The number of H-pyrrole nitrogens is 1. The van der Waals surface area contributed by atoms with Crippen LogP contribution in [0.3, 0.4) is 0 Å². The molecule has 1 saturated heterocycles. The monoisotopic (exact) mass is 439 g/mol. The maximum absolute atomic E-state index is 12.8. The molecule has 0 bridgehead atoms. The lowest BCUT2D eigenvalue weighted by Gasteiger charge is -2.33. The van der Waals surface area contributed by atoms with E-state index in [1.807, 2.05) is 17.0 Å². The highest BCUT2D eigenvalue weighted by Crippen LogP contribution is 2.27. The Balaban J connectivity index is 1.62. The van der Waals surface area contributed by atoms with E-state index in [1.54, 1.807) is 4.52 Å². The molecule has 0 saturated carbocycles. The number of nitrogens with zero attached hydrogens (tertiary/aromatic N) is 4. The maximum Gasteiger partial charge on any atom is 0.266 e. The Labute approximate surface area is 186 Å². The van der Waals surface area contributed by atoms with E-state index >= 15 is 0 Å². The van der Waals surface area contributed by atoms with Crippen molar-refractivity contribution >= 4 is 23.3 Å². The predicted molar refractivity (Wildman–Crippen MR) is 123 cm³/mol. The Morgan fingerprint density at radius 3 is 2.61 bits per heavy atom. The van der Waals surface area contributed by atoms with Crippen LogP contribution in [-0.2, 0) is 10.2 Å². The van der Waals surface area contributed by atoms with Gasteiger partial charge in [-0.05, 0) is 37.2 Å². The molecule has 4 rings (SSSR count). The van der Waals surface area contributed by atoms with Crippen LogP contribution in [-0.4, -0.2) is 48.7 Å². The van der Waals surface area contributed by atoms with Crippen LogP contribution in [0.15, 0.2) is 40.3 Å². The number of thioether (sulfide) groups is 1. The largest absolute Gasteiger partial charge is 0.339 e. The van der Waals surface area contributed by atoms with E-state index in [4.69, 9.17) is 0 Å². The van der Waals surface area contributed by atoms with Crippen molar-refractivity contribution in [2.45, 2.75) is 63.6 Å². The Morgan fingerprint density at radius 1 is 1.19 bits per heavy atom. The van der Waals surface area contributed by atoms with Gasteiger partial charge in [-0.15, -0.1) is 0 Å². The first-order valence-corrected chi connectivity index (χ1v) is 11.7. The Morgan fingerprint density at radius 2 is 1.94 bits per heavy atom. The number of carbonyl (C=O) groups is 1. The van der Waals surface area contributed by atoms with E-state index in [0.29, 0.717) is 16.6 Å². The molecule has 1 atom stereocenters. The van der Waals surface area contributed by atoms with Gasteiger partial charge in [0, 0.05) is 24.2 Å². The first kappa shape index (κ1) is 21.6. The van der Waals surface area contributed by atoms with Crippen molar-refractivity contribution < 1.29 is 4.79 Å². The number of nitrogens with one attached hydrogen (secondary N) is 1. The van der Waals surface area contributed by atoms with E-state index in [-0.39, 0.29) is 28.7 Å². The highest BCUT2D eigenvalue weighted by Gasteiger charge is 2.24. The lowest BCUT2D eigenvalue weighted by Crippen LogP contribution is -2.43. The molecule has 0 aliphatic carbocycles. The van der Waals surface area contributed by atoms with E-state index in [1.165, 1.54) is 29.8 Å². The van der Waals surface area contributed by atoms with E-state index in [0.717, 1.165) is 24.9 Å². The summed E-state index contributed by atoms with van der Waals surface area (Å²) in [5, 5.41) is 3.29. The molecule has 0 spiro atoms. The van der Waals surface area contributed by atoms with Crippen LogP contribution in [0.25, 0.3) is 17.0 Å². The van der Waals surface area contributed by atoms with Gasteiger partial charge in [-0.25, -0.2) is 14.5 Å². The van der Waals surface area contributed by atoms with Gasteiger partial charge >= 0.3 is 0 Å². The van der Waals surface area contributed by atoms with Gasteiger partial charge in [0.25, 0.3) is 5.56 Å². The van der Waals surface area contributed by atoms with Crippen molar-refractivity contribution in [1.29, 1.82) is 0 Å². The topological polar surface area (TPSA) is 83.4 Å². The highest BCUT2D eigenvalue weighted by molar-refractivity contribution is 7.99. The average Bonchev–Trinajstić information content (AvgIpc) is 3.11. The number of carbonyl (C=O) groups excluding carboxylic acids is 1. The summed E-state index contributed by atoms with van der Waals surface area (Å²) in [4.78, 5) is 35.9. The number of fused-ring (bicyclic) bond motifs is 1. The summed E-state index contributed by atoms with van der Waals surface area (Å²) in [5.74, 6) is 0.925. The van der Waals surface area contributed by atoms with Crippen molar-refractivity contribution in [2.24, 2.45) is 0 Å². The molecule has 31 heavy (non-hydrogen) atoms. The lowest BCUT2D eigenvalue weighted by molar-refractivity contribution is -0.131. The van der Waals surface area contributed by atoms with Crippen molar-refractivity contribution in [3.8, 4) is 11.4 Å². The molecule has 164 valence electrons. The van der Waals surface area contributed by atoms with Crippen molar-refractivity contribution in [3.63, 3.8) is 0 Å². The van der Waals surface area contributed by atoms with Gasteiger partial charge in [-0.1, -0.05) is 56.8 Å². The minimum Gasteiger partial charge on any atom is -0.339 e. The highest BCUT2D eigenvalue weighted by atomic mass is 32.2. The number of rotatable bonds is 4. The summed E-state index contributed by atoms with van der Waals surface area (Å²) < 4.78 is 1.56. The minimum atomic E-state index is -0.243. The zero-order valence-corrected chi connectivity index (χ0v) is 19.3. The van der Waals surface area contributed by atoms with Crippen LogP contribution in [0.2, 0.25) is 0 Å². The third-order valence-corrected chi connectivity index (χ3v) is 6.71. The Hall–Kier alpha value is -2.61. The molecule has 2 aromatic heterocycles. The number of aromatic nitrogens is 4. The summed E-state index contributed by atoms with van der Waals surface area (Å²) >= 11 is 1.33. The molecule has 8 heteroatoms. The Bertz CT molecular complexity index is 1140. The zero-order chi connectivity index (χ0) is 22.2.